The zero-order chi connectivity index (χ0) is 12.6. The van der Waals surface area contributed by atoms with E-state index in [-0.39, 0.29) is 40.7 Å². The van der Waals surface area contributed by atoms with Gasteiger partial charge in [-0.15, -0.1) is 0 Å². The van der Waals surface area contributed by atoms with Crippen molar-refractivity contribution in [3.63, 3.8) is 0 Å². The summed E-state index contributed by atoms with van der Waals surface area (Å²) >= 11 is 11.5. The molecule has 0 saturated carbocycles. The maximum Gasteiger partial charge on any atom is 0.235 e. The first-order valence-corrected chi connectivity index (χ1v) is 5.45. The van der Waals surface area contributed by atoms with Crippen LogP contribution in [0.2, 0.25) is 10.3 Å². The second-order valence-corrected chi connectivity index (χ2v) is 4.22. The van der Waals surface area contributed by atoms with Crippen molar-refractivity contribution in [3.8, 4) is 0 Å². The number of rotatable bonds is 2. The van der Waals surface area contributed by atoms with E-state index in [4.69, 9.17) is 23.2 Å². The number of anilines is 1. The lowest BCUT2D eigenvalue weighted by Crippen LogP contribution is -2.27. The summed E-state index contributed by atoms with van der Waals surface area (Å²) in [4.78, 5) is 30.9. The van der Waals surface area contributed by atoms with Gasteiger partial charge in [0.15, 0.2) is 6.29 Å². The normalized spacial score (nSPS) is 19.8. The Bertz CT molecular complexity index is 471. The van der Waals surface area contributed by atoms with Crippen LogP contribution in [0.1, 0.15) is 16.8 Å². The summed E-state index contributed by atoms with van der Waals surface area (Å²) in [5, 5.41) is 9.09. The minimum atomic E-state index is -0.755. The van der Waals surface area contributed by atoms with E-state index in [2.05, 4.69) is 9.97 Å². The molecule has 6 nitrogen and oxygen atoms in total. The number of β-amino-alcohol motifs (C(OH)–C–C–N with tert-alkyl or cyclic N) is 1. The first kappa shape index (κ1) is 12.2. The second kappa shape index (κ2) is 4.56. The van der Waals surface area contributed by atoms with Crippen LogP contribution in [0.5, 0.6) is 0 Å². The molecule has 90 valence electrons. The standard InChI is InChI=1S/C9H7Cl2N3O3/c10-7-5(3-15)8(11)13-9(12-7)14-2-4(16)1-6(14)17/h3-4,16H,1-2H2. The van der Waals surface area contributed by atoms with Gasteiger partial charge in [0.2, 0.25) is 11.9 Å². The number of carbonyl (C=O) groups excluding carboxylic acids is 2. The highest BCUT2D eigenvalue weighted by molar-refractivity contribution is 6.37. The molecule has 1 aromatic rings. The quantitative estimate of drug-likeness (QED) is 0.634. The predicted octanol–water partition coefficient (Wildman–Crippen LogP) is 0.694. The van der Waals surface area contributed by atoms with Gasteiger partial charge in [-0.3, -0.25) is 14.5 Å². The van der Waals surface area contributed by atoms with Crippen molar-refractivity contribution in [1.82, 2.24) is 9.97 Å². The minimum Gasteiger partial charge on any atom is -0.391 e. The molecule has 1 saturated heterocycles. The molecule has 1 fully saturated rings. The number of aliphatic hydroxyl groups excluding tert-OH is 1. The van der Waals surface area contributed by atoms with Crippen LogP contribution in [0.3, 0.4) is 0 Å². The molecule has 2 rings (SSSR count). The molecular weight excluding hydrogens is 269 g/mol. The average Bonchev–Trinajstić information content (AvgIpc) is 2.57. The molecule has 0 spiro atoms. The Hall–Kier alpha value is -1.24. The highest BCUT2D eigenvalue weighted by Gasteiger charge is 2.31. The number of amides is 1. The molecule has 1 aliphatic heterocycles. The summed E-state index contributed by atoms with van der Waals surface area (Å²) in [6, 6.07) is 0. The van der Waals surface area contributed by atoms with Crippen LogP contribution >= 0.6 is 23.2 Å². The van der Waals surface area contributed by atoms with Gasteiger partial charge in [-0.1, -0.05) is 23.2 Å². The van der Waals surface area contributed by atoms with Crippen LogP contribution in [-0.4, -0.2) is 39.9 Å². The number of hydrogen-bond acceptors (Lipinski definition) is 5. The van der Waals surface area contributed by atoms with Crippen LogP contribution in [-0.2, 0) is 4.79 Å². The van der Waals surface area contributed by atoms with Gasteiger partial charge in [0.05, 0.1) is 24.6 Å². The monoisotopic (exact) mass is 275 g/mol. The van der Waals surface area contributed by atoms with Crippen molar-refractivity contribution < 1.29 is 14.7 Å². The molecule has 1 N–H and O–H groups in total. The van der Waals surface area contributed by atoms with Crippen molar-refractivity contribution in [2.75, 3.05) is 11.4 Å². The van der Waals surface area contributed by atoms with Gasteiger partial charge >= 0.3 is 0 Å². The Morgan fingerprint density at radius 2 is 1.94 bits per heavy atom. The lowest BCUT2D eigenvalue weighted by Gasteiger charge is -2.14. The van der Waals surface area contributed by atoms with E-state index in [0.29, 0.717) is 6.29 Å². The number of hydrogen-bond donors (Lipinski definition) is 1. The van der Waals surface area contributed by atoms with Crippen LogP contribution in [0.15, 0.2) is 0 Å². The summed E-state index contributed by atoms with van der Waals surface area (Å²) in [5.74, 6) is -0.323. The lowest BCUT2D eigenvalue weighted by atomic mass is 10.3. The van der Waals surface area contributed by atoms with Gasteiger partial charge < -0.3 is 5.11 Å². The van der Waals surface area contributed by atoms with Gasteiger partial charge in [0.1, 0.15) is 10.3 Å². The number of carbonyl (C=O) groups is 2. The van der Waals surface area contributed by atoms with E-state index >= 15 is 0 Å². The largest absolute Gasteiger partial charge is 0.391 e. The molecule has 1 aromatic heterocycles. The third-order valence-electron chi connectivity index (χ3n) is 2.30. The summed E-state index contributed by atoms with van der Waals surface area (Å²) < 4.78 is 0. The van der Waals surface area contributed by atoms with Crippen molar-refractivity contribution in [1.29, 1.82) is 0 Å². The van der Waals surface area contributed by atoms with E-state index in [1.807, 2.05) is 0 Å². The summed E-state index contributed by atoms with van der Waals surface area (Å²) in [6.07, 6.45) is -0.308. The van der Waals surface area contributed by atoms with Crippen molar-refractivity contribution >= 4 is 41.3 Å². The van der Waals surface area contributed by atoms with Gasteiger partial charge in [-0.05, 0) is 0 Å². The van der Waals surface area contributed by atoms with Crippen molar-refractivity contribution in [2.24, 2.45) is 0 Å². The maximum absolute atomic E-state index is 11.5. The topological polar surface area (TPSA) is 83.4 Å². The molecule has 0 bridgehead atoms. The molecule has 0 aliphatic carbocycles. The molecule has 2 heterocycles. The molecular formula is C9H7Cl2N3O3. The number of halogens is 2. The zero-order valence-corrected chi connectivity index (χ0v) is 9.94. The molecule has 17 heavy (non-hydrogen) atoms. The summed E-state index contributed by atoms with van der Waals surface area (Å²) in [5.41, 5.74) is -0.0238. The maximum atomic E-state index is 11.5. The molecule has 8 heteroatoms. The van der Waals surface area contributed by atoms with Gasteiger partial charge in [0.25, 0.3) is 0 Å². The lowest BCUT2D eigenvalue weighted by molar-refractivity contribution is -0.117. The third-order valence-corrected chi connectivity index (χ3v) is 2.88. The van der Waals surface area contributed by atoms with E-state index in [0.717, 1.165) is 0 Å². The first-order chi connectivity index (χ1) is 8.02. The fraction of sp³-hybridized carbons (Fsp3) is 0.333. The number of nitrogens with zero attached hydrogens (tertiary/aromatic N) is 3. The zero-order valence-electron chi connectivity index (χ0n) is 8.43. The smallest absolute Gasteiger partial charge is 0.235 e. The van der Waals surface area contributed by atoms with Crippen LogP contribution < -0.4 is 4.90 Å². The van der Waals surface area contributed by atoms with E-state index in [1.54, 1.807) is 0 Å². The van der Waals surface area contributed by atoms with E-state index in [9.17, 15) is 14.7 Å². The first-order valence-electron chi connectivity index (χ1n) is 4.69. The minimum absolute atomic E-state index is 0.00727. The van der Waals surface area contributed by atoms with Gasteiger partial charge in [-0.25, -0.2) is 0 Å². The van der Waals surface area contributed by atoms with Crippen LogP contribution in [0.25, 0.3) is 0 Å². The van der Waals surface area contributed by atoms with Crippen molar-refractivity contribution in [3.05, 3.63) is 15.9 Å². The molecule has 1 aliphatic rings. The molecule has 1 unspecified atom stereocenters. The summed E-state index contributed by atoms with van der Waals surface area (Å²) in [6.45, 7) is 0.0892. The fourth-order valence-electron chi connectivity index (χ4n) is 1.51. The van der Waals surface area contributed by atoms with Crippen LogP contribution in [0, 0.1) is 0 Å². The molecule has 1 atom stereocenters. The Balaban J connectivity index is 2.41. The average molecular weight is 276 g/mol. The molecule has 0 radical (unpaired) electrons. The third kappa shape index (κ3) is 2.24. The van der Waals surface area contributed by atoms with E-state index in [1.165, 1.54) is 4.90 Å². The fourth-order valence-corrected chi connectivity index (χ4v) is 1.97. The van der Waals surface area contributed by atoms with Gasteiger partial charge in [0, 0.05) is 0 Å². The number of aliphatic hydroxyl groups is 1. The molecule has 1 amide bonds. The highest BCUT2D eigenvalue weighted by Crippen LogP contribution is 2.25. The predicted molar refractivity (Wildman–Crippen MR) is 60.4 cm³/mol. The Morgan fingerprint density at radius 3 is 2.35 bits per heavy atom. The van der Waals surface area contributed by atoms with Crippen LogP contribution in [0.4, 0.5) is 5.95 Å². The second-order valence-electron chi connectivity index (χ2n) is 3.50. The van der Waals surface area contributed by atoms with Gasteiger partial charge in [-0.2, -0.15) is 9.97 Å². The number of aromatic nitrogens is 2. The Morgan fingerprint density at radius 1 is 1.35 bits per heavy atom. The Kier molecular flexibility index (Phi) is 3.28. The van der Waals surface area contributed by atoms with Crippen molar-refractivity contribution in [2.45, 2.75) is 12.5 Å². The van der Waals surface area contributed by atoms with E-state index < -0.39 is 6.10 Å². The molecule has 0 aromatic carbocycles. The highest BCUT2D eigenvalue weighted by atomic mass is 35.5. The Labute approximate surface area is 106 Å². The SMILES string of the molecule is O=Cc1c(Cl)nc(N2CC(O)CC2=O)nc1Cl. The number of aldehydes is 1. The summed E-state index contributed by atoms with van der Waals surface area (Å²) in [7, 11) is 0.